The van der Waals surface area contributed by atoms with Gasteiger partial charge in [0.05, 0.1) is 11.4 Å². The lowest BCUT2D eigenvalue weighted by molar-refractivity contribution is -0.115. The first-order chi connectivity index (χ1) is 14.1. The summed E-state index contributed by atoms with van der Waals surface area (Å²) < 4.78 is 25.0. The van der Waals surface area contributed by atoms with E-state index < -0.39 is 5.82 Å². The Morgan fingerprint density at radius 2 is 2.00 bits per heavy atom. The number of anilines is 2. The second kappa shape index (κ2) is 8.19. The van der Waals surface area contributed by atoms with E-state index in [1.807, 2.05) is 12.1 Å². The Morgan fingerprint density at radius 1 is 1.21 bits per heavy atom. The van der Waals surface area contributed by atoms with Gasteiger partial charge in [-0.05, 0) is 36.4 Å². The predicted octanol–water partition coefficient (Wildman–Crippen LogP) is 4.60. The second-order valence-electron chi connectivity index (χ2n) is 5.98. The van der Waals surface area contributed by atoms with E-state index in [1.54, 1.807) is 35.7 Å². The molecular formula is C20H15FN4O3S. The summed E-state index contributed by atoms with van der Waals surface area (Å²) in [5, 5.41) is 9.66. The lowest BCUT2D eigenvalue weighted by atomic mass is 10.2. The summed E-state index contributed by atoms with van der Waals surface area (Å²) in [6.07, 6.45) is 1.27. The average Bonchev–Trinajstić information content (AvgIpc) is 3.41. The summed E-state index contributed by atoms with van der Waals surface area (Å²) in [4.78, 5) is 17.8. The van der Waals surface area contributed by atoms with Crippen LogP contribution in [0.15, 0.2) is 64.7 Å². The molecule has 0 fully saturated rings. The summed E-state index contributed by atoms with van der Waals surface area (Å²) in [6, 6.07) is 13.3. The van der Waals surface area contributed by atoms with Crippen LogP contribution in [0.3, 0.4) is 0 Å². The molecule has 0 bridgehead atoms. The van der Waals surface area contributed by atoms with Crippen LogP contribution in [0.5, 0.6) is 5.75 Å². The van der Waals surface area contributed by atoms with Crippen LogP contribution in [-0.2, 0) is 11.4 Å². The van der Waals surface area contributed by atoms with Crippen LogP contribution in [0.4, 0.5) is 15.2 Å². The highest BCUT2D eigenvalue weighted by Crippen LogP contribution is 2.31. The number of hydrogen-bond donors (Lipinski definition) is 0. The molecule has 0 atom stereocenters. The van der Waals surface area contributed by atoms with Crippen LogP contribution in [-0.4, -0.2) is 21.1 Å². The van der Waals surface area contributed by atoms with Crippen molar-refractivity contribution in [1.29, 1.82) is 0 Å². The molecule has 0 spiro atoms. The Bertz CT molecular complexity index is 1110. The molecule has 0 N–H and O–H groups in total. The maximum Gasteiger partial charge on any atom is 0.247 e. The number of aromatic nitrogens is 3. The van der Waals surface area contributed by atoms with E-state index in [9.17, 15) is 9.18 Å². The third-order valence-electron chi connectivity index (χ3n) is 3.99. The van der Waals surface area contributed by atoms with Crippen molar-refractivity contribution in [3.63, 3.8) is 0 Å². The number of amides is 1. The fourth-order valence-corrected chi connectivity index (χ4v) is 3.52. The van der Waals surface area contributed by atoms with Crippen molar-refractivity contribution in [2.24, 2.45) is 0 Å². The molecule has 146 valence electrons. The van der Waals surface area contributed by atoms with Gasteiger partial charge in [-0.2, -0.15) is 0 Å². The molecule has 2 aromatic heterocycles. The van der Waals surface area contributed by atoms with Crippen molar-refractivity contribution in [3.8, 4) is 17.2 Å². The van der Waals surface area contributed by atoms with Crippen LogP contribution in [0, 0.1) is 5.82 Å². The number of carbonyl (C=O) groups is 1. The zero-order valence-corrected chi connectivity index (χ0v) is 16.1. The number of halogens is 1. The van der Waals surface area contributed by atoms with E-state index >= 15 is 0 Å². The molecule has 0 unspecified atom stereocenters. The van der Waals surface area contributed by atoms with E-state index in [2.05, 4.69) is 15.2 Å². The lowest BCUT2D eigenvalue weighted by Crippen LogP contribution is -2.23. The highest BCUT2D eigenvalue weighted by molar-refractivity contribution is 7.14. The molecule has 0 aliphatic carbocycles. The largest absolute Gasteiger partial charge is 0.487 e. The Balaban J connectivity index is 1.46. The number of hydrogen-bond acceptors (Lipinski definition) is 7. The van der Waals surface area contributed by atoms with Gasteiger partial charge < -0.3 is 9.15 Å². The molecule has 4 aromatic rings. The summed E-state index contributed by atoms with van der Waals surface area (Å²) in [5.74, 6) is 0.254. The van der Waals surface area contributed by atoms with Gasteiger partial charge in [-0.1, -0.05) is 12.1 Å². The molecule has 0 saturated heterocycles. The third-order valence-corrected chi connectivity index (χ3v) is 4.86. The number of rotatable bonds is 6. The van der Waals surface area contributed by atoms with Crippen LogP contribution < -0.4 is 9.64 Å². The van der Waals surface area contributed by atoms with E-state index in [0.29, 0.717) is 22.5 Å². The molecule has 9 heteroatoms. The third kappa shape index (κ3) is 4.14. The molecule has 2 heterocycles. The van der Waals surface area contributed by atoms with Gasteiger partial charge in [-0.3, -0.25) is 9.69 Å². The molecule has 2 aromatic carbocycles. The van der Waals surface area contributed by atoms with Gasteiger partial charge in [-0.15, -0.1) is 21.5 Å². The van der Waals surface area contributed by atoms with Crippen molar-refractivity contribution in [1.82, 2.24) is 15.2 Å². The van der Waals surface area contributed by atoms with Gasteiger partial charge in [0.25, 0.3) is 0 Å². The molecule has 0 aliphatic rings. The summed E-state index contributed by atoms with van der Waals surface area (Å²) in [5.41, 5.74) is 1.58. The van der Waals surface area contributed by atoms with E-state index in [4.69, 9.17) is 9.15 Å². The van der Waals surface area contributed by atoms with Gasteiger partial charge >= 0.3 is 0 Å². The molecule has 0 radical (unpaired) electrons. The van der Waals surface area contributed by atoms with E-state index in [-0.39, 0.29) is 18.2 Å². The minimum Gasteiger partial charge on any atom is -0.487 e. The number of benzene rings is 2. The van der Waals surface area contributed by atoms with Gasteiger partial charge in [-0.25, -0.2) is 9.37 Å². The van der Waals surface area contributed by atoms with Gasteiger partial charge in [0.2, 0.25) is 18.2 Å². The maximum absolute atomic E-state index is 14.1. The molecular weight excluding hydrogens is 395 g/mol. The van der Waals surface area contributed by atoms with Crippen molar-refractivity contribution >= 4 is 28.1 Å². The Hall–Kier alpha value is -3.59. The number of para-hydroxylation sites is 1. The monoisotopic (exact) mass is 410 g/mol. The van der Waals surface area contributed by atoms with Crippen molar-refractivity contribution < 1.29 is 18.3 Å². The van der Waals surface area contributed by atoms with Gasteiger partial charge in [0.15, 0.2) is 5.13 Å². The lowest BCUT2D eigenvalue weighted by Gasteiger charge is -2.18. The minimum atomic E-state index is -0.489. The fourth-order valence-electron chi connectivity index (χ4n) is 2.66. The highest BCUT2D eigenvalue weighted by atomic mass is 32.1. The van der Waals surface area contributed by atoms with Gasteiger partial charge in [0.1, 0.15) is 18.2 Å². The summed E-state index contributed by atoms with van der Waals surface area (Å²) >= 11 is 1.25. The number of ether oxygens (including phenoxy) is 1. The fraction of sp³-hybridized carbons (Fsp3) is 0.100. The first kappa shape index (κ1) is 18.8. The Labute approximate surface area is 169 Å². The number of carbonyl (C=O) groups excluding carboxylic acids is 1. The van der Waals surface area contributed by atoms with Crippen LogP contribution in [0.25, 0.3) is 11.5 Å². The van der Waals surface area contributed by atoms with Crippen LogP contribution in [0.2, 0.25) is 0 Å². The van der Waals surface area contributed by atoms with E-state index in [0.717, 1.165) is 5.56 Å². The summed E-state index contributed by atoms with van der Waals surface area (Å²) in [7, 11) is 0. The molecule has 0 saturated carbocycles. The SMILES string of the molecule is CC(=O)N(c1nc(COc2ccc(-c3nnco3)cc2)cs1)c1ccccc1F. The predicted molar refractivity (Wildman–Crippen MR) is 105 cm³/mol. The van der Waals surface area contributed by atoms with E-state index in [1.165, 1.54) is 35.6 Å². The molecule has 0 aliphatic heterocycles. The maximum atomic E-state index is 14.1. The normalized spacial score (nSPS) is 10.7. The first-order valence-electron chi connectivity index (χ1n) is 8.61. The smallest absolute Gasteiger partial charge is 0.247 e. The van der Waals surface area contributed by atoms with Crippen molar-refractivity contribution in [2.75, 3.05) is 4.90 Å². The van der Waals surface area contributed by atoms with Crippen molar-refractivity contribution in [3.05, 3.63) is 71.8 Å². The summed E-state index contributed by atoms with van der Waals surface area (Å²) in [6.45, 7) is 1.58. The molecule has 1 amide bonds. The number of thiazole rings is 1. The second-order valence-corrected chi connectivity index (χ2v) is 6.82. The van der Waals surface area contributed by atoms with Gasteiger partial charge in [0, 0.05) is 17.9 Å². The van der Waals surface area contributed by atoms with Crippen molar-refractivity contribution in [2.45, 2.75) is 13.5 Å². The number of nitrogens with zero attached hydrogens (tertiary/aromatic N) is 4. The average molecular weight is 410 g/mol. The van der Waals surface area contributed by atoms with Crippen LogP contribution >= 0.6 is 11.3 Å². The molecule has 29 heavy (non-hydrogen) atoms. The molecule has 7 nitrogen and oxygen atoms in total. The Kier molecular flexibility index (Phi) is 5.30. The highest BCUT2D eigenvalue weighted by Gasteiger charge is 2.21. The Morgan fingerprint density at radius 3 is 2.69 bits per heavy atom. The minimum absolute atomic E-state index is 0.165. The quantitative estimate of drug-likeness (QED) is 0.462. The first-order valence-corrected chi connectivity index (χ1v) is 9.49. The molecule has 4 rings (SSSR count). The zero-order chi connectivity index (χ0) is 20.2. The van der Waals surface area contributed by atoms with Crippen LogP contribution in [0.1, 0.15) is 12.6 Å². The zero-order valence-electron chi connectivity index (χ0n) is 15.3. The standard InChI is InChI=1S/C20H15FN4O3S/c1-13(26)25(18-5-3-2-4-17(18)21)20-23-15(11-29-20)10-27-16-8-6-14(7-9-16)19-24-22-12-28-19/h2-9,11-12H,10H2,1H3. The topological polar surface area (TPSA) is 81.4 Å².